The molecule has 2 nitrogen and oxygen atoms in total. The van der Waals surface area contributed by atoms with E-state index in [2.05, 4.69) is 6.58 Å². The summed E-state index contributed by atoms with van der Waals surface area (Å²) in [7, 11) is 0. The van der Waals surface area contributed by atoms with E-state index in [4.69, 9.17) is 0 Å². The molecule has 0 fully saturated rings. The first-order chi connectivity index (χ1) is 11.0. The number of hydrogen-bond donors (Lipinski definition) is 1. The Morgan fingerprint density at radius 1 is 1.09 bits per heavy atom. The van der Waals surface area contributed by atoms with E-state index in [1.807, 2.05) is 37.3 Å². The molecule has 0 spiro atoms. The molecule has 0 aliphatic heterocycles. The summed E-state index contributed by atoms with van der Waals surface area (Å²) in [5, 5.41) is 9.48. The number of rotatable bonds is 7. The molecule has 0 saturated heterocycles. The molecule has 0 saturated carbocycles. The average molecular weight is 308 g/mol. The van der Waals surface area contributed by atoms with Crippen LogP contribution in [0.3, 0.4) is 0 Å². The monoisotopic (exact) mass is 308 g/mol. The van der Waals surface area contributed by atoms with Gasteiger partial charge in [0.1, 0.15) is 5.75 Å². The zero-order chi connectivity index (χ0) is 16.8. The van der Waals surface area contributed by atoms with Gasteiger partial charge in [0, 0.05) is 5.56 Å². The van der Waals surface area contributed by atoms with Crippen LogP contribution in [0.2, 0.25) is 0 Å². The van der Waals surface area contributed by atoms with Crippen molar-refractivity contribution in [1.29, 1.82) is 0 Å². The van der Waals surface area contributed by atoms with Crippen LogP contribution >= 0.6 is 0 Å². The first kappa shape index (κ1) is 17.0. The van der Waals surface area contributed by atoms with Gasteiger partial charge in [-0.15, -0.1) is 6.58 Å². The molecule has 2 aromatic carbocycles. The van der Waals surface area contributed by atoms with Gasteiger partial charge < -0.3 is 5.11 Å². The lowest BCUT2D eigenvalue weighted by molar-refractivity contribution is 0.101. The van der Waals surface area contributed by atoms with Crippen molar-refractivity contribution < 1.29 is 9.90 Å². The van der Waals surface area contributed by atoms with E-state index in [0.717, 1.165) is 36.8 Å². The second kappa shape index (κ2) is 7.77. The summed E-state index contributed by atoms with van der Waals surface area (Å²) >= 11 is 0. The molecule has 0 atom stereocenters. The number of allylic oxidation sites excluding steroid dienone is 1. The molecule has 0 heterocycles. The lowest BCUT2D eigenvalue weighted by atomic mass is 9.94. The summed E-state index contributed by atoms with van der Waals surface area (Å²) in [5.74, 6) is 0.416. The minimum atomic E-state index is 0.103. The van der Waals surface area contributed by atoms with Crippen molar-refractivity contribution in [2.75, 3.05) is 0 Å². The van der Waals surface area contributed by atoms with Crippen molar-refractivity contribution in [3.05, 3.63) is 76.9 Å². The number of ketones is 1. The normalized spacial score (nSPS) is 10.5. The smallest absolute Gasteiger partial charge is 0.159 e. The molecule has 0 aromatic heterocycles. The molecular weight excluding hydrogens is 284 g/mol. The van der Waals surface area contributed by atoms with E-state index in [1.165, 1.54) is 16.7 Å². The molecule has 0 aliphatic rings. The third-order valence-electron chi connectivity index (χ3n) is 4.20. The van der Waals surface area contributed by atoms with Crippen LogP contribution < -0.4 is 0 Å². The molecule has 0 bridgehead atoms. The molecule has 23 heavy (non-hydrogen) atoms. The Morgan fingerprint density at radius 2 is 1.78 bits per heavy atom. The number of phenolic OH excluding ortho intramolecular Hbond substituents is 1. The maximum absolute atomic E-state index is 11.6. The highest BCUT2D eigenvalue weighted by Gasteiger charge is 2.07. The second-order valence-electron chi connectivity index (χ2n) is 6.00. The zero-order valence-electron chi connectivity index (χ0n) is 13.9. The molecule has 0 radical (unpaired) electrons. The van der Waals surface area contributed by atoms with E-state index in [-0.39, 0.29) is 5.78 Å². The van der Waals surface area contributed by atoms with Gasteiger partial charge in [-0.2, -0.15) is 0 Å². The fraction of sp³-hybridized carbons (Fsp3) is 0.286. The summed E-state index contributed by atoms with van der Waals surface area (Å²) in [6.45, 7) is 7.44. The SMILES string of the molecule is C=CCc1ccc(C(C)=O)cc1CCCc1ccc(O)cc1C. The highest BCUT2D eigenvalue weighted by molar-refractivity contribution is 5.94. The number of Topliss-reactive ketones (excluding diaryl/α,β-unsaturated/α-hetero) is 1. The van der Waals surface area contributed by atoms with Gasteiger partial charge in [0.15, 0.2) is 5.78 Å². The fourth-order valence-electron chi connectivity index (χ4n) is 2.86. The first-order valence-electron chi connectivity index (χ1n) is 8.03. The van der Waals surface area contributed by atoms with Crippen LogP contribution in [0.1, 0.15) is 46.0 Å². The van der Waals surface area contributed by atoms with E-state index in [0.29, 0.717) is 5.75 Å². The lowest BCUT2D eigenvalue weighted by Gasteiger charge is -2.11. The Bertz CT molecular complexity index is 714. The summed E-state index contributed by atoms with van der Waals surface area (Å²) in [5.41, 5.74) is 5.62. The van der Waals surface area contributed by atoms with Gasteiger partial charge in [0.05, 0.1) is 0 Å². The topological polar surface area (TPSA) is 37.3 Å². The van der Waals surface area contributed by atoms with Gasteiger partial charge in [-0.3, -0.25) is 4.79 Å². The first-order valence-corrected chi connectivity index (χ1v) is 8.03. The number of hydrogen-bond acceptors (Lipinski definition) is 2. The number of aryl methyl sites for hydroxylation is 3. The van der Waals surface area contributed by atoms with Crippen molar-refractivity contribution in [2.24, 2.45) is 0 Å². The van der Waals surface area contributed by atoms with Gasteiger partial charge in [0.2, 0.25) is 0 Å². The molecule has 2 heteroatoms. The minimum absolute atomic E-state index is 0.103. The van der Waals surface area contributed by atoms with Crippen molar-refractivity contribution >= 4 is 5.78 Å². The van der Waals surface area contributed by atoms with Crippen LogP contribution in [0.4, 0.5) is 0 Å². The van der Waals surface area contributed by atoms with Crippen LogP contribution in [0.5, 0.6) is 5.75 Å². The molecule has 2 rings (SSSR count). The van der Waals surface area contributed by atoms with E-state index >= 15 is 0 Å². The Balaban J connectivity index is 2.10. The highest BCUT2D eigenvalue weighted by atomic mass is 16.3. The van der Waals surface area contributed by atoms with Gasteiger partial charge >= 0.3 is 0 Å². The Labute approximate surface area is 138 Å². The number of carbonyl (C=O) groups is 1. The Hall–Kier alpha value is -2.35. The van der Waals surface area contributed by atoms with E-state index in [1.54, 1.807) is 19.1 Å². The van der Waals surface area contributed by atoms with Crippen LogP contribution in [0.15, 0.2) is 49.1 Å². The second-order valence-corrected chi connectivity index (χ2v) is 6.00. The molecular formula is C21H24O2. The molecule has 120 valence electrons. The van der Waals surface area contributed by atoms with Crippen molar-refractivity contribution in [3.8, 4) is 5.75 Å². The van der Waals surface area contributed by atoms with E-state index in [9.17, 15) is 9.90 Å². The van der Waals surface area contributed by atoms with Crippen LogP contribution in [0, 0.1) is 6.92 Å². The van der Waals surface area contributed by atoms with Gasteiger partial charge in [-0.1, -0.05) is 24.3 Å². The highest BCUT2D eigenvalue weighted by Crippen LogP contribution is 2.20. The third-order valence-corrected chi connectivity index (χ3v) is 4.20. The number of carbonyl (C=O) groups excluding carboxylic acids is 1. The minimum Gasteiger partial charge on any atom is -0.508 e. The van der Waals surface area contributed by atoms with Crippen molar-refractivity contribution in [2.45, 2.75) is 39.5 Å². The maximum Gasteiger partial charge on any atom is 0.159 e. The van der Waals surface area contributed by atoms with Gasteiger partial charge in [0.25, 0.3) is 0 Å². The predicted molar refractivity (Wildman–Crippen MR) is 95.2 cm³/mol. The largest absolute Gasteiger partial charge is 0.508 e. The summed E-state index contributed by atoms with van der Waals surface area (Å²) in [4.78, 5) is 11.6. The van der Waals surface area contributed by atoms with Gasteiger partial charge in [-0.05, 0) is 80.0 Å². The molecule has 1 N–H and O–H groups in total. The van der Waals surface area contributed by atoms with Crippen LogP contribution in [-0.2, 0) is 19.3 Å². The summed E-state index contributed by atoms with van der Waals surface area (Å²) in [6.07, 6.45) is 5.63. The molecule has 0 amide bonds. The van der Waals surface area contributed by atoms with Crippen molar-refractivity contribution in [3.63, 3.8) is 0 Å². The molecule has 0 unspecified atom stereocenters. The molecule has 2 aromatic rings. The average Bonchev–Trinajstić information content (AvgIpc) is 2.51. The lowest BCUT2D eigenvalue weighted by Crippen LogP contribution is -2.00. The Kier molecular flexibility index (Phi) is 5.75. The predicted octanol–water partition coefficient (Wildman–Crippen LogP) is 4.81. The van der Waals surface area contributed by atoms with Crippen molar-refractivity contribution in [1.82, 2.24) is 0 Å². The standard InChI is InChI=1S/C21H24O2/c1-4-6-18-9-10-19(16(3)22)14-20(18)8-5-7-17-11-12-21(23)13-15(17)2/h4,9-14,23H,1,5-8H2,2-3H3. The van der Waals surface area contributed by atoms with Crippen LogP contribution in [0.25, 0.3) is 0 Å². The van der Waals surface area contributed by atoms with Gasteiger partial charge in [-0.25, -0.2) is 0 Å². The Morgan fingerprint density at radius 3 is 2.43 bits per heavy atom. The quantitative estimate of drug-likeness (QED) is 0.589. The maximum atomic E-state index is 11.6. The third kappa shape index (κ3) is 4.56. The zero-order valence-corrected chi connectivity index (χ0v) is 13.9. The number of phenols is 1. The molecule has 0 aliphatic carbocycles. The summed E-state index contributed by atoms with van der Waals surface area (Å²) < 4.78 is 0. The van der Waals surface area contributed by atoms with E-state index < -0.39 is 0 Å². The van der Waals surface area contributed by atoms with Crippen LogP contribution in [-0.4, -0.2) is 10.9 Å². The number of aromatic hydroxyl groups is 1. The summed E-state index contributed by atoms with van der Waals surface area (Å²) in [6, 6.07) is 11.5. The fourth-order valence-corrected chi connectivity index (χ4v) is 2.86. The number of benzene rings is 2.